The van der Waals surface area contributed by atoms with Gasteiger partial charge in [0, 0.05) is 43.0 Å². The molecular formula is C32H33FN4O4. The summed E-state index contributed by atoms with van der Waals surface area (Å²) >= 11 is 0. The number of nitrogens with zero attached hydrogens (tertiary/aromatic N) is 2. The number of carbonyl (C=O) groups is 2. The average molecular weight is 557 g/mol. The third-order valence-electron chi connectivity index (χ3n) is 7.22. The Morgan fingerprint density at radius 1 is 0.976 bits per heavy atom. The molecule has 41 heavy (non-hydrogen) atoms. The first-order chi connectivity index (χ1) is 19.9. The Bertz CT molecular complexity index is 1540. The number of ether oxygens (including phenoxy) is 2. The minimum atomic E-state index is -0.876. The highest BCUT2D eigenvalue weighted by molar-refractivity contribution is 6.39. The predicted molar refractivity (Wildman–Crippen MR) is 156 cm³/mol. The molecule has 0 spiro atoms. The lowest BCUT2D eigenvalue weighted by atomic mass is 9.92. The summed E-state index contributed by atoms with van der Waals surface area (Å²) in [6.45, 7) is 2.53. The molecule has 5 rings (SSSR count). The average Bonchev–Trinajstić information content (AvgIpc) is 2.96. The van der Waals surface area contributed by atoms with Gasteiger partial charge in [0.15, 0.2) is 11.6 Å². The van der Waals surface area contributed by atoms with Crippen molar-refractivity contribution in [3.8, 4) is 17.2 Å². The number of anilines is 1. The lowest BCUT2D eigenvalue weighted by Gasteiger charge is -2.36. The van der Waals surface area contributed by atoms with E-state index in [-0.39, 0.29) is 11.4 Å². The van der Waals surface area contributed by atoms with Gasteiger partial charge in [-0.05, 0) is 73.7 Å². The Labute approximate surface area is 238 Å². The molecule has 4 aromatic rings. The third-order valence-corrected chi connectivity index (χ3v) is 7.22. The smallest absolute Gasteiger partial charge is 0.313 e. The molecular weight excluding hydrogens is 523 g/mol. The minimum absolute atomic E-state index is 0.0278. The van der Waals surface area contributed by atoms with Gasteiger partial charge in [-0.25, -0.2) is 4.39 Å². The Morgan fingerprint density at radius 2 is 1.78 bits per heavy atom. The largest absolute Gasteiger partial charge is 0.496 e. The molecule has 2 N–H and O–H groups in total. The van der Waals surface area contributed by atoms with E-state index in [4.69, 9.17) is 9.47 Å². The first-order valence-electron chi connectivity index (χ1n) is 13.6. The van der Waals surface area contributed by atoms with Gasteiger partial charge in [0.05, 0.1) is 12.6 Å². The maximum Gasteiger partial charge on any atom is 0.313 e. The third kappa shape index (κ3) is 6.99. The molecule has 0 radical (unpaired) electrons. The molecule has 2 heterocycles. The molecule has 0 saturated carbocycles. The zero-order valence-corrected chi connectivity index (χ0v) is 23.2. The summed E-state index contributed by atoms with van der Waals surface area (Å²) in [4.78, 5) is 31.3. The van der Waals surface area contributed by atoms with Crippen molar-refractivity contribution in [2.45, 2.75) is 19.3 Å². The van der Waals surface area contributed by atoms with E-state index >= 15 is 4.39 Å². The number of amides is 2. The molecule has 1 aromatic heterocycles. The van der Waals surface area contributed by atoms with Gasteiger partial charge in [-0.15, -0.1) is 0 Å². The number of aryl methyl sites for hydroxylation is 1. The summed E-state index contributed by atoms with van der Waals surface area (Å²) in [7, 11) is 3.76. The van der Waals surface area contributed by atoms with Crippen LogP contribution in [0.3, 0.4) is 0 Å². The van der Waals surface area contributed by atoms with Gasteiger partial charge < -0.3 is 25.0 Å². The summed E-state index contributed by atoms with van der Waals surface area (Å²) in [6, 6.07) is 19.2. The van der Waals surface area contributed by atoms with Crippen LogP contribution in [0.2, 0.25) is 0 Å². The van der Waals surface area contributed by atoms with E-state index in [1.165, 1.54) is 12.1 Å². The van der Waals surface area contributed by atoms with E-state index in [0.29, 0.717) is 30.0 Å². The number of likely N-dealkylation sites (tertiary alicyclic amines) is 1. The number of nitrogens with one attached hydrogen (secondary N) is 2. The number of fused-ring (bicyclic) bond motifs is 1. The maximum atomic E-state index is 15.0. The fraction of sp³-hybridized carbons (Fsp3) is 0.281. The van der Waals surface area contributed by atoms with Crippen molar-refractivity contribution in [3.05, 3.63) is 89.9 Å². The quantitative estimate of drug-likeness (QED) is 0.268. The second-order valence-electron chi connectivity index (χ2n) is 10.3. The van der Waals surface area contributed by atoms with Gasteiger partial charge >= 0.3 is 11.8 Å². The molecule has 9 heteroatoms. The molecule has 1 saturated heterocycles. The topological polar surface area (TPSA) is 92.8 Å². The molecule has 1 fully saturated rings. The number of hydrogen-bond donors (Lipinski definition) is 2. The van der Waals surface area contributed by atoms with Gasteiger partial charge in [-0.1, -0.05) is 30.3 Å². The monoisotopic (exact) mass is 556 g/mol. The molecule has 1 aliphatic heterocycles. The van der Waals surface area contributed by atoms with Gasteiger partial charge in [-0.3, -0.25) is 14.6 Å². The standard InChI is InChI=1S/C32H33FN4O4/c1-37-19-22(20-37)8-9-23-16-27-25(18-30(23)40-2)28(13-15-34-27)41-29-11-10-24(17-26(29)33)36-32(39)31(38)35-14-12-21-6-4-3-5-7-21/h3-7,10-11,13,15-18,22H,8-9,12,14,19-20H2,1-2H3,(H,35,38)(H,36,39). The number of aromatic nitrogens is 1. The van der Waals surface area contributed by atoms with Crippen molar-refractivity contribution >= 4 is 28.4 Å². The number of hydrogen-bond acceptors (Lipinski definition) is 6. The number of rotatable bonds is 10. The number of pyridine rings is 1. The molecule has 1 aliphatic rings. The van der Waals surface area contributed by atoms with Gasteiger partial charge in [0.2, 0.25) is 0 Å². The highest BCUT2D eigenvalue weighted by atomic mass is 19.1. The van der Waals surface area contributed by atoms with E-state index < -0.39 is 17.6 Å². The van der Waals surface area contributed by atoms with Crippen molar-refractivity contribution in [3.63, 3.8) is 0 Å². The molecule has 2 amide bonds. The van der Waals surface area contributed by atoms with E-state index in [2.05, 4.69) is 27.6 Å². The van der Waals surface area contributed by atoms with Crippen LogP contribution in [0.25, 0.3) is 10.9 Å². The zero-order chi connectivity index (χ0) is 28.8. The van der Waals surface area contributed by atoms with E-state index in [1.807, 2.05) is 42.5 Å². The SMILES string of the molecule is COc1cc2c(Oc3ccc(NC(=O)C(=O)NCCc4ccccc4)cc3F)ccnc2cc1CCC1CN(C)C1. The van der Waals surface area contributed by atoms with Crippen molar-refractivity contribution in [2.24, 2.45) is 5.92 Å². The van der Waals surface area contributed by atoms with Crippen LogP contribution in [0.1, 0.15) is 17.5 Å². The molecule has 0 unspecified atom stereocenters. The van der Waals surface area contributed by atoms with Crippen LogP contribution in [0.4, 0.5) is 10.1 Å². The van der Waals surface area contributed by atoms with Crippen LogP contribution in [-0.2, 0) is 22.4 Å². The highest BCUT2D eigenvalue weighted by Gasteiger charge is 2.23. The summed E-state index contributed by atoms with van der Waals surface area (Å²) in [5, 5.41) is 5.70. The molecule has 0 atom stereocenters. The molecule has 8 nitrogen and oxygen atoms in total. The van der Waals surface area contributed by atoms with Crippen molar-refractivity contribution in [1.29, 1.82) is 0 Å². The van der Waals surface area contributed by atoms with Crippen LogP contribution in [0.5, 0.6) is 17.2 Å². The number of halogens is 1. The van der Waals surface area contributed by atoms with E-state index in [9.17, 15) is 9.59 Å². The first kappa shape index (κ1) is 28.0. The summed E-state index contributed by atoms with van der Waals surface area (Å²) < 4.78 is 26.6. The zero-order valence-electron chi connectivity index (χ0n) is 23.2. The maximum absolute atomic E-state index is 15.0. The number of carbonyl (C=O) groups excluding carboxylic acids is 2. The Hall–Kier alpha value is -4.50. The molecule has 212 valence electrons. The van der Waals surface area contributed by atoms with Crippen molar-refractivity contribution in [2.75, 3.05) is 39.1 Å². The Kier molecular flexibility index (Phi) is 8.74. The van der Waals surface area contributed by atoms with Gasteiger partial charge in [-0.2, -0.15) is 0 Å². The highest BCUT2D eigenvalue weighted by Crippen LogP contribution is 2.35. The van der Waals surface area contributed by atoms with Crippen LogP contribution >= 0.6 is 0 Å². The van der Waals surface area contributed by atoms with Gasteiger partial charge in [0.1, 0.15) is 11.5 Å². The van der Waals surface area contributed by atoms with E-state index in [1.54, 1.807) is 19.4 Å². The summed E-state index contributed by atoms with van der Waals surface area (Å²) in [5.41, 5.74) is 2.99. The Balaban J connectivity index is 1.22. The van der Waals surface area contributed by atoms with Crippen molar-refractivity contribution in [1.82, 2.24) is 15.2 Å². The van der Waals surface area contributed by atoms with Crippen LogP contribution in [0, 0.1) is 11.7 Å². The van der Waals surface area contributed by atoms with Gasteiger partial charge in [0.25, 0.3) is 0 Å². The van der Waals surface area contributed by atoms with Crippen LogP contribution < -0.4 is 20.1 Å². The van der Waals surface area contributed by atoms with Crippen LogP contribution in [0.15, 0.2) is 72.9 Å². The second-order valence-corrected chi connectivity index (χ2v) is 10.3. The molecule has 0 bridgehead atoms. The summed E-state index contributed by atoms with van der Waals surface area (Å²) in [6.07, 6.45) is 4.18. The van der Waals surface area contributed by atoms with E-state index in [0.717, 1.165) is 54.4 Å². The normalized spacial score (nSPS) is 13.4. The van der Waals surface area contributed by atoms with Crippen molar-refractivity contribution < 1.29 is 23.5 Å². The first-order valence-corrected chi connectivity index (χ1v) is 13.6. The minimum Gasteiger partial charge on any atom is -0.496 e. The van der Waals surface area contributed by atoms with Crippen LogP contribution in [-0.4, -0.2) is 55.5 Å². The summed E-state index contributed by atoms with van der Waals surface area (Å²) in [5.74, 6) is -0.534. The molecule has 3 aromatic carbocycles. The fourth-order valence-corrected chi connectivity index (χ4v) is 5.05. The number of methoxy groups -OCH3 is 1. The predicted octanol–water partition coefficient (Wildman–Crippen LogP) is 4.97. The lowest BCUT2D eigenvalue weighted by Crippen LogP contribution is -2.43. The Morgan fingerprint density at radius 3 is 2.51 bits per heavy atom. The lowest BCUT2D eigenvalue weighted by molar-refractivity contribution is -0.136. The molecule has 0 aliphatic carbocycles. The fourth-order valence-electron chi connectivity index (χ4n) is 5.05. The second kappa shape index (κ2) is 12.8. The number of benzene rings is 3.